The van der Waals surface area contributed by atoms with Gasteiger partial charge in [0.2, 0.25) is 0 Å². The Balaban J connectivity index is 3.00. The highest BCUT2D eigenvalue weighted by Gasteiger charge is 2.37. The number of carbonyl (C=O) groups excluding carboxylic acids is 1. The molecule has 0 amide bonds. The number of hydrogen-bond acceptors (Lipinski definition) is 3. The Morgan fingerprint density at radius 3 is 2.54 bits per heavy atom. The SMILES string of the molecule is CC1=C[C@H](O)[C@@H](O)C(C)(C)CC1=O. The van der Waals surface area contributed by atoms with Crippen LogP contribution in [0.15, 0.2) is 11.6 Å². The molecule has 1 aliphatic carbocycles. The van der Waals surface area contributed by atoms with E-state index < -0.39 is 17.6 Å². The summed E-state index contributed by atoms with van der Waals surface area (Å²) in [5.41, 5.74) is -0.0118. The van der Waals surface area contributed by atoms with E-state index in [9.17, 15) is 15.0 Å². The molecule has 0 aromatic rings. The second-order valence-electron chi connectivity index (χ2n) is 4.37. The maximum Gasteiger partial charge on any atom is 0.158 e. The molecule has 0 saturated heterocycles. The molecule has 0 aliphatic heterocycles. The van der Waals surface area contributed by atoms with E-state index in [-0.39, 0.29) is 12.2 Å². The molecule has 2 N–H and O–H groups in total. The van der Waals surface area contributed by atoms with Crippen LogP contribution in [-0.4, -0.2) is 28.2 Å². The van der Waals surface area contributed by atoms with Gasteiger partial charge in [0.15, 0.2) is 5.78 Å². The van der Waals surface area contributed by atoms with Crippen LogP contribution in [-0.2, 0) is 4.79 Å². The van der Waals surface area contributed by atoms with Gasteiger partial charge in [-0.15, -0.1) is 0 Å². The highest BCUT2D eigenvalue weighted by atomic mass is 16.3. The third-order valence-electron chi connectivity index (χ3n) is 2.60. The van der Waals surface area contributed by atoms with Crippen molar-refractivity contribution in [2.45, 2.75) is 39.4 Å². The first-order valence-corrected chi connectivity index (χ1v) is 4.42. The lowest BCUT2D eigenvalue weighted by Gasteiger charge is -2.29. The minimum atomic E-state index is -0.929. The maximum absolute atomic E-state index is 11.4. The molecule has 0 saturated carbocycles. The molecule has 0 heterocycles. The maximum atomic E-state index is 11.4. The van der Waals surface area contributed by atoms with Crippen molar-refractivity contribution >= 4 is 5.78 Å². The molecule has 0 radical (unpaired) electrons. The molecule has 0 aromatic heterocycles. The predicted molar refractivity (Wildman–Crippen MR) is 49.2 cm³/mol. The van der Waals surface area contributed by atoms with Crippen molar-refractivity contribution in [3.63, 3.8) is 0 Å². The summed E-state index contributed by atoms with van der Waals surface area (Å²) < 4.78 is 0. The van der Waals surface area contributed by atoms with Crippen molar-refractivity contribution < 1.29 is 15.0 Å². The zero-order valence-electron chi connectivity index (χ0n) is 8.24. The molecule has 0 spiro atoms. The largest absolute Gasteiger partial charge is 0.390 e. The van der Waals surface area contributed by atoms with Gasteiger partial charge in [0.1, 0.15) is 0 Å². The number of allylic oxidation sites excluding steroid dienone is 1. The van der Waals surface area contributed by atoms with E-state index in [0.29, 0.717) is 5.57 Å². The molecule has 0 aromatic carbocycles. The first-order chi connectivity index (χ1) is 5.84. The van der Waals surface area contributed by atoms with Gasteiger partial charge in [-0.2, -0.15) is 0 Å². The van der Waals surface area contributed by atoms with Gasteiger partial charge in [-0.3, -0.25) is 4.79 Å². The van der Waals surface area contributed by atoms with Gasteiger partial charge in [-0.1, -0.05) is 13.8 Å². The fourth-order valence-electron chi connectivity index (χ4n) is 1.56. The van der Waals surface area contributed by atoms with Crippen LogP contribution in [0.3, 0.4) is 0 Å². The second kappa shape index (κ2) is 3.24. The van der Waals surface area contributed by atoms with E-state index in [1.165, 1.54) is 6.08 Å². The van der Waals surface area contributed by atoms with E-state index in [2.05, 4.69) is 0 Å². The third kappa shape index (κ3) is 1.98. The molecule has 74 valence electrons. The standard InChI is InChI=1S/C10H16O3/c1-6-4-7(11)9(13)10(2,3)5-8(6)12/h4,7,9,11,13H,5H2,1-3H3/t7-,9+/m0/s1. The Kier molecular flexibility index (Phi) is 2.59. The van der Waals surface area contributed by atoms with Gasteiger partial charge >= 0.3 is 0 Å². The van der Waals surface area contributed by atoms with Crippen molar-refractivity contribution in [1.82, 2.24) is 0 Å². The van der Waals surface area contributed by atoms with Gasteiger partial charge < -0.3 is 10.2 Å². The summed E-state index contributed by atoms with van der Waals surface area (Å²) >= 11 is 0. The molecule has 1 aliphatic rings. The Labute approximate surface area is 78.1 Å². The summed E-state index contributed by atoms with van der Waals surface area (Å²) in [6.07, 6.45) is -0.0784. The molecular formula is C10H16O3. The number of aliphatic hydroxyl groups excluding tert-OH is 2. The number of carbonyl (C=O) groups is 1. The smallest absolute Gasteiger partial charge is 0.158 e. The molecule has 2 atom stereocenters. The van der Waals surface area contributed by atoms with Gasteiger partial charge in [-0.25, -0.2) is 0 Å². The van der Waals surface area contributed by atoms with E-state index >= 15 is 0 Å². The number of rotatable bonds is 0. The van der Waals surface area contributed by atoms with E-state index in [4.69, 9.17) is 0 Å². The molecule has 0 fully saturated rings. The van der Waals surface area contributed by atoms with E-state index in [1.807, 2.05) is 0 Å². The lowest BCUT2D eigenvalue weighted by atomic mass is 9.81. The quantitative estimate of drug-likeness (QED) is 0.581. The van der Waals surface area contributed by atoms with Crippen LogP contribution in [0, 0.1) is 5.41 Å². The number of aliphatic hydroxyl groups is 2. The van der Waals surface area contributed by atoms with Crippen molar-refractivity contribution in [3.8, 4) is 0 Å². The van der Waals surface area contributed by atoms with Gasteiger partial charge in [0.05, 0.1) is 12.2 Å². The van der Waals surface area contributed by atoms with Crippen LogP contribution >= 0.6 is 0 Å². The van der Waals surface area contributed by atoms with Crippen LogP contribution < -0.4 is 0 Å². The first-order valence-electron chi connectivity index (χ1n) is 4.42. The van der Waals surface area contributed by atoms with E-state index in [0.717, 1.165) is 0 Å². The first kappa shape index (κ1) is 10.4. The monoisotopic (exact) mass is 184 g/mol. The lowest BCUT2D eigenvalue weighted by molar-refractivity contribution is -0.119. The summed E-state index contributed by atoms with van der Waals surface area (Å²) in [6, 6.07) is 0. The Bertz CT molecular complexity index is 253. The third-order valence-corrected chi connectivity index (χ3v) is 2.60. The summed E-state index contributed by atoms with van der Waals surface area (Å²) in [6.45, 7) is 5.23. The van der Waals surface area contributed by atoms with Crippen LogP contribution in [0.4, 0.5) is 0 Å². The van der Waals surface area contributed by atoms with Crippen molar-refractivity contribution in [2.75, 3.05) is 0 Å². The Hall–Kier alpha value is -0.670. The molecule has 3 heteroatoms. The molecule has 0 unspecified atom stereocenters. The fraction of sp³-hybridized carbons (Fsp3) is 0.700. The summed E-state index contributed by atoms with van der Waals surface area (Å²) in [5.74, 6) is 0.000556. The van der Waals surface area contributed by atoms with Crippen molar-refractivity contribution in [3.05, 3.63) is 11.6 Å². The van der Waals surface area contributed by atoms with Gasteiger partial charge in [-0.05, 0) is 18.6 Å². The fourth-order valence-corrected chi connectivity index (χ4v) is 1.56. The average molecular weight is 184 g/mol. The second-order valence-corrected chi connectivity index (χ2v) is 4.37. The topological polar surface area (TPSA) is 57.5 Å². The molecule has 0 bridgehead atoms. The number of ketones is 1. The molecule has 13 heavy (non-hydrogen) atoms. The van der Waals surface area contributed by atoms with Crippen LogP contribution in [0.25, 0.3) is 0 Å². The average Bonchev–Trinajstić information content (AvgIpc) is 2.05. The minimum absolute atomic E-state index is 0.000556. The Morgan fingerprint density at radius 2 is 2.00 bits per heavy atom. The van der Waals surface area contributed by atoms with Crippen molar-refractivity contribution in [2.24, 2.45) is 5.41 Å². The molecule has 1 rings (SSSR count). The van der Waals surface area contributed by atoms with E-state index in [1.54, 1.807) is 20.8 Å². The van der Waals surface area contributed by atoms with Crippen LogP contribution in [0.1, 0.15) is 27.2 Å². The van der Waals surface area contributed by atoms with Crippen LogP contribution in [0.5, 0.6) is 0 Å². The predicted octanol–water partition coefficient (Wildman–Crippen LogP) is 0.654. The van der Waals surface area contributed by atoms with Gasteiger partial charge in [0, 0.05) is 11.8 Å². The number of Topliss-reactive ketones (excluding diaryl/α,β-unsaturated/α-hetero) is 1. The normalized spacial score (nSPS) is 33.9. The number of hydrogen-bond donors (Lipinski definition) is 2. The zero-order valence-corrected chi connectivity index (χ0v) is 8.24. The summed E-state index contributed by atoms with van der Waals surface area (Å²) in [7, 11) is 0. The van der Waals surface area contributed by atoms with Crippen molar-refractivity contribution in [1.29, 1.82) is 0 Å². The highest BCUT2D eigenvalue weighted by Crippen LogP contribution is 2.32. The summed E-state index contributed by atoms with van der Waals surface area (Å²) in [5, 5.41) is 19.2. The molecule has 3 nitrogen and oxygen atoms in total. The molecular weight excluding hydrogens is 168 g/mol. The highest BCUT2D eigenvalue weighted by molar-refractivity contribution is 5.95. The minimum Gasteiger partial charge on any atom is -0.390 e. The zero-order chi connectivity index (χ0) is 10.2. The Morgan fingerprint density at radius 1 is 1.46 bits per heavy atom. The van der Waals surface area contributed by atoms with Crippen LogP contribution in [0.2, 0.25) is 0 Å². The summed E-state index contributed by atoms with van der Waals surface area (Å²) in [4.78, 5) is 11.4. The van der Waals surface area contributed by atoms with Gasteiger partial charge in [0.25, 0.3) is 0 Å². The lowest BCUT2D eigenvalue weighted by Crippen LogP contribution is -2.38.